The molecule has 0 amide bonds. The SMILES string of the molecule is CC(C)Cn1c(CN2CCOC(CN)C2)nc2ccccc21. The molecule has 1 fully saturated rings. The highest BCUT2D eigenvalue weighted by atomic mass is 16.5. The van der Waals surface area contributed by atoms with Gasteiger partial charge in [-0.1, -0.05) is 26.0 Å². The Kier molecular flexibility index (Phi) is 4.76. The monoisotopic (exact) mass is 302 g/mol. The van der Waals surface area contributed by atoms with E-state index >= 15 is 0 Å². The van der Waals surface area contributed by atoms with Crippen molar-refractivity contribution in [3.05, 3.63) is 30.1 Å². The summed E-state index contributed by atoms with van der Waals surface area (Å²) in [5, 5.41) is 0. The van der Waals surface area contributed by atoms with Gasteiger partial charge in [-0.05, 0) is 18.1 Å². The molecule has 1 atom stereocenters. The van der Waals surface area contributed by atoms with Crippen molar-refractivity contribution in [2.45, 2.75) is 33.0 Å². The van der Waals surface area contributed by atoms with E-state index < -0.39 is 0 Å². The number of morpholine rings is 1. The van der Waals surface area contributed by atoms with Crippen LogP contribution in [0.15, 0.2) is 24.3 Å². The van der Waals surface area contributed by atoms with E-state index in [1.54, 1.807) is 0 Å². The maximum atomic E-state index is 5.74. The predicted molar refractivity (Wildman–Crippen MR) is 88.6 cm³/mol. The van der Waals surface area contributed by atoms with Gasteiger partial charge < -0.3 is 15.0 Å². The molecule has 0 spiro atoms. The third kappa shape index (κ3) is 3.32. The maximum Gasteiger partial charge on any atom is 0.124 e. The van der Waals surface area contributed by atoms with Crippen LogP contribution in [0.1, 0.15) is 19.7 Å². The van der Waals surface area contributed by atoms with E-state index in [0.29, 0.717) is 12.5 Å². The first kappa shape index (κ1) is 15.5. The number of nitrogens with zero attached hydrogens (tertiary/aromatic N) is 3. The number of hydrogen-bond acceptors (Lipinski definition) is 4. The number of aromatic nitrogens is 2. The third-order valence-corrected chi connectivity index (χ3v) is 4.13. The van der Waals surface area contributed by atoms with Crippen LogP contribution < -0.4 is 5.73 Å². The molecular formula is C17H26N4O. The lowest BCUT2D eigenvalue weighted by atomic mass is 10.2. The molecule has 0 bridgehead atoms. The Bertz CT molecular complexity index is 622. The minimum Gasteiger partial charge on any atom is -0.374 e. The normalized spacial score (nSPS) is 20.1. The van der Waals surface area contributed by atoms with Crippen molar-refractivity contribution in [1.29, 1.82) is 0 Å². The lowest BCUT2D eigenvalue weighted by molar-refractivity contribution is -0.0271. The molecule has 1 aliphatic heterocycles. The summed E-state index contributed by atoms with van der Waals surface area (Å²) in [4.78, 5) is 7.26. The average molecular weight is 302 g/mol. The molecule has 0 aliphatic carbocycles. The van der Waals surface area contributed by atoms with Crippen LogP contribution in [0.2, 0.25) is 0 Å². The topological polar surface area (TPSA) is 56.3 Å². The average Bonchev–Trinajstić information content (AvgIpc) is 2.85. The van der Waals surface area contributed by atoms with Crippen LogP contribution in [-0.2, 0) is 17.8 Å². The Morgan fingerprint density at radius 1 is 1.36 bits per heavy atom. The molecule has 2 aromatic rings. The maximum absolute atomic E-state index is 5.74. The van der Waals surface area contributed by atoms with Crippen molar-refractivity contribution >= 4 is 11.0 Å². The zero-order valence-corrected chi connectivity index (χ0v) is 13.5. The lowest BCUT2D eigenvalue weighted by Gasteiger charge is -2.32. The number of fused-ring (bicyclic) bond motifs is 1. The van der Waals surface area contributed by atoms with Crippen LogP contribution >= 0.6 is 0 Å². The van der Waals surface area contributed by atoms with Gasteiger partial charge in [0.2, 0.25) is 0 Å². The number of rotatable bonds is 5. The zero-order valence-electron chi connectivity index (χ0n) is 13.5. The fourth-order valence-corrected chi connectivity index (χ4v) is 3.08. The van der Waals surface area contributed by atoms with Gasteiger partial charge in [0.05, 0.1) is 30.3 Å². The van der Waals surface area contributed by atoms with Gasteiger partial charge in [0.1, 0.15) is 5.82 Å². The number of hydrogen-bond donors (Lipinski definition) is 1. The molecule has 0 saturated carbocycles. The molecule has 2 N–H and O–H groups in total. The van der Waals surface area contributed by atoms with Gasteiger partial charge in [0, 0.05) is 26.2 Å². The largest absolute Gasteiger partial charge is 0.374 e. The van der Waals surface area contributed by atoms with Crippen LogP contribution in [0, 0.1) is 5.92 Å². The minimum absolute atomic E-state index is 0.150. The first-order valence-electron chi connectivity index (χ1n) is 8.15. The molecule has 1 aliphatic rings. The molecule has 1 saturated heterocycles. The van der Waals surface area contributed by atoms with E-state index in [4.69, 9.17) is 15.5 Å². The fourth-order valence-electron chi connectivity index (χ4n) is 3.08. The van der Waals surface area contributed by atoms with Gasteiger partial charge in [-0.25, -0.2) is 4.98 Å². The Hall–Kier alpha value is -1.43. The molecule has 120 valence electrons. The molecule has 5 nitrogen and oxygen atoms in total. The van der Waals surface area contributed by atoms with E-state index in [-0.39, 0.29) is 6.10 Å². The molecule has 1 aromatic heterocycles. The van der Waals surface area contributed by atoms with Gasteiger partial charge in [0.15, 0.2) is 0 Å². The van der Waals surface area contributed by atoms with Crippen molar-refractivity contribution in [3.63, 3.8) is 0 Å². The first-order chi connectivity index (χ1) is 10.7. The summed E-state index contributed by atoms with van der Waals surface area (Å²) < 4.78 is 8.02. The number of benzene rings is 1. The van der Waals surface area contributed by atoms with E-state index in [9.17, 15) is 0 Å². The number of nitrogens with two attached hydrogens (primary N) is 1. The number of ether oxygens (including phenoxy) is 1. The highest BCUT2D eigenvalue weighted by Gasteiger charge is 2.21. The van der Waals surface area contributed by atoms with Crippen LogP contribution in [0.5, 0.6) is 0 Å². The summed E-state index contributed by atoms with van der Waals surface area (Å²) in [6.07, 6.45) is 0.150. The standard InChI is InChI=1S/C17H26N4O/c1-13(2)10-21-16-6-4-3-5-15(16)19-17(21)12-20-7-8-22-14(9-18)11-20/h3-6,13-14H,7-12,18H2,1-2H3. The van der Waals surface area contributed by atoms with Crippen molar-refractivity contribution in [2.24, 2.45) is 11.7 Å². The molecular weight excluding hydrogens is 276 g/mol. The van der Waals surface area contributed by atoms with E-state index in [0.717, 1.165) is 44.1 Å². The summed E-state index contributed by atoms with van der Waals surface area (Å²) in [6, 6.07) is 8.40. The van der Waals surface area contributed by atoms with Crippen molar-refractivity contribution in [2.75, 3.05) is 26.2 Å². The second-order valence-corrected chi connectivity index (χ2v) is 6.48. The second-order valence-electron chi connectivity index (χ2n) is 6.48. The van der Waals surface area contributed by atoms with Crippen LogP contribution in [0.25, 0.3) is 11.0 Å². The predicted octanol–water partition coefficient (Wildman–Crippen LogP) is 1.85. The molecule has 1 unspecified atom stereocenters. The van der Waals surface area contributed by atoms with E-state index in [2.05, 4.69) is 47.6 Å². The quantitative estimate of drug-likeness (QED) is 0.916. The summed E-state index contributed by atoms with van der Waals surface area (Å²) >= 11 is 0. The molecule has 1 aromatic carbocycles. The Labute approximate surface area is 132 Å². The van der Waals surface area contributed by atoms with Gasteiger partial charge in [-0.15, -0.1) is 0 Å². The van der Waals surface area contributed by atoms with Crippen LogP contribution in [0.3, 0.4) is 0 Å². The van der Waals surface area contributed by atoms with Gasteiger partial charge >= 0.3 is 0 Å². The Morgan fingerprint density at radius 2 is 2.18 bits per heavy atom. The smallest absolute Gasteiger partial charge is 0.124 e. The number of imidazole rings is 1. The third-order valence-electron chi connectivity index (χ3n) is 4.13. The van der Waals surface area contributed by atoms with E-state index in [1.165, 1.54) is 5.52 Å². The van der Waals surface area contributed by atoms with Crippen molar-refractivity contribution in [1.82, 2.24) is 14.5 Å². The Balaban J connectivity index is 1.85. The molecule has 3 rings (SSSR count). The van der Waals surface area contributed by atoms with Crippen molar-refractivity contribution < 1.29 is 4.74 Å². The zero-order chi connectivity index (χ0) is 15.5. The van der Waals surface area contributed by atoms with E-state index in [1.807, 2.05) is 0 Å². The lowest BCUT2D eigenvalue weighted by Crippen LogP contribution is -2.45. The number of para-hydroxylation sites is 2. The summed E-state index contributed by atoms with van der Waals surface area (Å²) in [7, 11) is 0. The Morgan fingerprint density at radius 3 is 2.95 bits per heavy atom. The molecule has 5 heteroatoms. The minimum atomic E-state index is 0.150. The first-order valence-corrected chi connectivity index (χ1v) is 8.15. The second kappa shape index (κ2) is 6.77. The highest BCUT2D eigenvalue weighted by Crippen LogP contribution is 2.19. The van der Waals surface area contributed by atoms with Gasteiger partial charge in [-0.3, -0.25) is 4.90 Å². The summed E-state index contributed by atoms with van der Waals surface area (Å²) in [6.45, 7) is 9.53. The summed E-state index contributed by atoms with van der Waals surface area (Å²) in [5.74, 6) is 1.74. The molecule has 22 heavy (non-hydrogen) atoms. The van der Waals surface area contributed by atoms with Crippen LogP contribution in [0.4, 0.5) is 0 Å². The summed E-state index contributed by atoms with van der Waals surface area (Å²) in [5.41, 5.74) is 8.06. The van der Waals surface area contributed by atoms with Gasteiger partial charge in [0.25, 0.3) is 0 Å². The highest BCUT2D eigenvalue weighted by molar-refractivity contribution is 5.75. The molecule has 2 heterocycles. The van der Waals surface area contributed by atoms with Crippen molar-refractivity contribution in [3.8, 4) is 0 Å². The van der Waals surface area contributed by atoms with Gasteiger partial charge in [-0.2, -0.15) is 0 Å². The molecule has 0 radical (unpaired) electrons. The van der Waals surface area contributed by atoms with Crippen LogP contribution in [-0.4, -0.2) is 46.8 Å². The fraction of sp³-hybridized carbons (Fsp3) is 0.588.